The largest absolute Gasteiger partial charge is 0.353 e. The first-order chi connectivity index (χ1) is 5.43. The fourth-order valence-corrected chi connectivity index (χ4v) is 1.09. The smallest absolute Gasteiger partial charge is 0.157 e. The zero-order valence-corrected chi connectivity index (χ0v) is 9.16. The highest BCUT2D eigenvalue weighted by atomic mass is 35.5. The van der Waals surface area contributed by atoms with Gasteiger partial charge in [0.25, 0.3) is 0 Å². The van der Waals surface area contributed by atoms with E-state index in [0.29, 0.717) is 13.0 Å². The van der Waals surface area contributed by atoms with Crippen molar-refractivity contribution in [2.75, 3.05) is 13.2 Å². The molecular formula is C9H16Cl2O2. The Hall–Kier alpha value is 0.0600. The van der Waals surface area contributed by atoms with E-state index in [4.69, 9.17) is 15.9 Å². The van der Waals surface area contributed by atoms with Crippen molar-refractivity contribution in [2.45, 2.75) is 32.0 Å². The third-order valence-corrected chi connectivity index (χ3v) is 1.69. The summed E-state index contributed by atoms with van der Waals surface area (Å²) in [6.07, 6.45) is 9.15. The van der Waals surface area contributed by atoms with Crippen LogP contribution in [0.3, 0.4) is 0 Å². The number of hydrogen-bond acceptors (Lipinski definition) is 2. The van der Waals surface area contributed by atoms with Gasteiger partial charge < -0.3 is 9.47 Å². The van der Waals surface area contributed by atoms with Crippen LogP contribution in [-0.4, -0.2) is 19.5 Å². The molecule has 1 aliphatic rings. The van der Waals surface area contributed by atoms with Gasteiger partial charge in [-0.25, -0.2) is 0 Å². The molecule has 13 heavy (non-hydrogen) atoms. The number of halogens is 2. The summed E-state index contributed by atoms with van der Waals surface area (Å²) in [5.41, 5.74) is 0. The molecule has 0 amide bonds. The summed E-state index contributed by atoms with van der Waals surface area (Å²) in [6.45, 7) is 1.46. The first kappa shape index (κ1) is 15.5. The molecule has 1 unspecified atom stereocenters. The average Bonchev–Trinajstić information content (AvgIpc) is 2.07. The summed E-state index contributed by atoms with van der Waals surface area (Å²) in [7, 11) is 0. The van der Waals surface area contributed by atoms with Crippen LogP contribution in [0.25, 0.3) is 0 Å². The molecule has 1 atom stereocenters. The van der Waals surface area contributed by atoms with Crippen molar-refractivity contribution in [3.05, 3.63) is 0 Å². The summed E-state index contributed by atoms with van der Waals surface area (Å²) in [5, 5.41) is 0. The van der Waals surface area contributed by atoms with Crippen molar-refractivity contribution in [3.8, 4) is 12.3 Å². The second-order valence-electron chi connectivity index (χ2n) is 2.62. The predicted molar refractivity (Wildman–Crippen MR) is 57.5 cm³/mol. The predicted octanol–water partition coefficient (Wildman–Crippen LogP) is 2.40. The number of ether oxygens (including phenoxy) is 2. The summed E-state index contributed by atoms with van der Waals surface area (Å²) in [5.74, 6) is 2.53. The molecule has 0 spiro atoms. The molecule has 0 aromatic heterocycles. The molecule has 0 aromatic rings. The van der Waals surface area contributed by atoms with Crippen molar-refractivity contribution in [1.82, 2.24) is 0 Å². The maximum Gasteiger partial charge on any atom is 0.157 e. The van der Waals surface area contributed by atoms with Gasteiger partial charge >= 0.3 is 0 Å². The fourth-order valence-electron chi connectivity index (χ4n) is 1.09. The van der Waals surface area contributed by atoms with Gasteiger partial charge in [-0.15, -0.1) is 37.2 Å². The van der Waals surface area contributed by atoms with Crippen LogP contribution in [0, 0.1) is 12.3 Å². The van der Waals surface area contributed by atoms with Crippen molar-refractivity contribution < 1.29 is 9.47 Å². The van der Waals surface area contributed by atoms with Crippen LogP contribution >= 0.6 is 24.8 Å². The van der Waals surface area contributed by atoms with Crippen molar-refractivity contribution in [2.24, 2.45) is 0 Å². The lowest BCUT2D eigenvalue weighted by Crippen LogP contribution is -2.22. The van der Waals surface area contributed by atoms with E-state index in [1.54, 1.807) is 0 Å². The first-order valence-electron chi connectivity index (χ1n) is 4.10. The normalized spacial score (nSPS) is 20.7. The molecule has 0 radical (unpaired) electrons. The van der Waals surface area contributed by atoms with Crippen LogP contribution in [-0.2, 0) is 9.47 Å². The summed E-state index contributed by atoms with van der Waals surface area (Å²) < 4.78 is 10.7. The molecule has 1 fully saturated rings. The van der Waals surface area contributed by atoms with Crippen molar-refractivity contribution in [1.29, 1.82) is 0 Å². The standard InChI is InChI=1S/C9H14O2.2ClH/c1-2-3-7-10-9-6-4-5-8-11-9;;/h1,9H,3-8H2;2*1H. The highest BCUT2D eigenvalue weighted by molar-refractivity contribution is 5.85. The lowest BCUT2D eigenvalue weighted by Gasteiger charge is -2.22. The Labute approximate surface area is 92.2 Å². The number of terminal acetylenes is 1. The Morgan fingerprint density at radius 1 is 1.38 bits per heavy atom. The van der Waals surface area contributed by atoms with Crippen LogP contribution in [0.5, 0.6) is 0 Å². The molecule has 0 N–H and O–H groups in total. The molecule has 0 aromatic carbocycles. The SMILES string of the molecule is C#CCCOC1CCCCO1.Cl.Cl. The van der Waals surface area contributed by atoms with Gasteiger partial charge in [-0.1, -0.05) is 0 Å². The van der Waals surface area contributed by atoms with E-state index >= 15 is 0 Å². The Morgan fingerprint density at radius 2 is 2.15 bits per heavy atom. The molecular weight excluding hydrogens is 211 g/mol. The van der Waals surface area contributed by atoms with Gasteiger partial charge in [0, 0.05) is 13.0 Å². The number of hydrogen-bond donors (Lipinski definition) is 0. The van der Waals surface area contributed by atoms with Gasteiger partial charge in [0.05, 0.1) is 6.61 Å². The third-order valence-electron chi connectivity index (χ3n) is 1.69. The molecule has 2 nitrogen and oxygen atoms in total. The lowest BCUT2D eigenvalue weighted by molar-refractivity contribution is -0.161. The maximum absolute atomic E-state index is 5.36. The Bertz CT molecular complexity index is 139. The molecule has 1 aliphatic heterocycles. The van der Waals surface area contributed by atoms with E-state index in [1.807, 2.05) is 0 Å². The first-order valence-corrected chi connectivity index (χ1v) is 4.10. The van der Waals surface area contributed by atoms with Gasteiger partial charge in [-0.3, -0.25) is 0 Å². The van der Waals surface area contributed by atoms with Crippen LogP contribution in [0.4, 0.5) is 0 Å². The summed E-state index contributed by atoms with van der Waals surface area (Å²) >= 11 is 0. The van der Waals surface area contributed by atoms with Gasteiger partial charge in [0.1, 0.15) is 0 Å². The zero-order chi connectivity index (χ0) is 7.94. The van der Waals surface area contributed by atoms with Crippen molar-refractivity contribution >= 4 is 24.8 Å². The minimum atomic E-state index is 0. The lowest BCUT2D eigenvalue weighted by atomic mass is 10.2. The van der Waals surface area contributed by atoms with Gasteiger partial charge in [0.2, 0.25) is 0 Å². The third kappa shape index (κ3) is 7.16. The molecule has 1 heterocycles. The fraction of sp³-hybridized carbons (Fsp3) is 0.778. The number of rotatable bonds is 3. The van der Waals surface area contributed by atoms with E-state index in [0.717, 1.165) is 19.4 Å². The van der Waals surface area contributed by atoms with Gasteiger partial charge in [-0.2, -0.15) is 0 Å². The van der Waals surface area contributed by atoms with E-state index < -0.39 is 0 Å². The summed E-state index contributed by atoms with van der Waals surface area (Å²) in [4.78, 5) is 0. The maximum atomic E-state index is 5.36. The van der Waals surface area contributed by atoms with Gasteiger partial charge in [-0.05, 0) is 19.3 Å². The van der Waals surface area contributed by atoms with E-state index in [2.05, 4.69) is 5.92 Å². The summed E-state index contributed by atoms with van der Waals surface area (Å²) in [6, 6.07) is 0. The molecule has 1 saturated heterocycles. The van der Waals surface area contributed by atoms with E-state index in [1.165, 1.54) is 6.42 Å². The minimum absolute atomic E-state index is 0. The average molecular weight is 227 g/mol. The second-order valence-corrected chi connectivity index (χ2v) is 2.62. The highest BCUT2D eigenvalue weighted by Gasteiger charge is 2.12. The molecule has 1 rings (SSSR count). The second kappa shape index (κ2) is 10.1. The van der Waals surface area contributed by atoms with Gasteiger partial charge in [0.15, 0.2) is 6.29 Å². The highest BCUT2D eigenvalue weighted by Crippen LogP contribution is 2.13. The molecule has 0 bridgehead atoms. The van der Waals surface area contributed by atoms with E-state index in [-0.39, 0.29) is 31.1 Å². The van der Waals surface area contributed by atoms with Crippen LogP contribution in [0.1, 0.15) is 25.7 Å². The Kier molecular flexibility index (Phi) is 12.1. The molecule has 78 valence electrons. The van der Waals surface area contributed by atoms with Crippen LogP contribution in [0.15, 0.2) is 0 Å². The monoisotopic (exact) mass is 226 g/mol. The van der Waals surface area contributed by atoms with Crippen LogP contribution in [0.2, 0.25) is 0 Å². The Balaban J connectivity index is 0. The quantitative estimate of drug-likeness (QED) is 0.544. The Morgan fingerprint density at radius 3 is 2.69 bits per heavy atom. The minimum Gasteiger partial charge on any atom is -0.353 e. The molecule has 0 saturated carbocycles. The van der Waals surface area contributed by atoms with Crippen LogP contribution < -0.4 is 0 Å². The van der Waals surface area contributed by atoms with Crippen molar-refractivity contribution in [3.63, 3.8) is 0 Å². The zero-order valence-electron chi connectivity index (χ0n) is 7.53. The topological polar surface area (TPSA) is 18.5 Å². The molecule has 0 aliphatic carbocycles. The van der Waals surface area contributed by atoms with E-state index in [9.17, 15) is 0 Å². The molecule has 4 heteroatoms.